The third-order valence-corrected chi connectivity index (χ3v) is 2.38. The van der Waals surface area contributed by atoms with Gasteiger partial charge in [-0.3, -0.25) is 0 Å². The summed E-state index contributed by atoms with van der Waals surface area (Å²) in [5.74, 6) is -0.276. The highest BCUT2D eigenvalue weighted by molar-refractivity contribution is 14.1. The van der Waals surface area contributed by atoms with E-state index < -0.39 is 0 Å². The molecule has 0 spiro atoms. The summed E-state index contributed by atoms with van der Waals surface area (Å²) in [5.41, 5.74) is 1.75. The number of halogens is 1. The summed E-state index contributed by atoms with van der Waals surface area (Å²) in [7, 11) is 1.39. The van der Waals surface area contributed by atoms with E-state index >= 15 is 0 Å². The molecule has 0 atom stereocenters. The smallest absolute Gasteiger partial charge is 0.337 e. The van der Waals surface area contributed by atoms with E-state index in [4.69, 9.17) is 0 Å². The van der Waals surface area contributed by atoms with Crippen molar-refractivity contribution in [2.24, 2.45) is 0 Å². The highest BCUT2D eigenvalue weighted by Gasteiger charge is 2.03. The number of rotatable bonds is 2. The lowest BCUT2D eigenvalue weighted by atomic mass is 10.1. The van der Waals surface area contributed by atoms with E-state index in [1.165, 1.54) is 7.11 Å². The van der Waals surface area contributed by atoms with Crippen molar-refractivity contribution in [3.05, 3.63) is 35.4 Å². The molecule has 0 aromatic heterocycles. The molecular formula is C9H9IO2. The van der Waals surface area contributed by atoms with Crippen LogP contribution in [0.1, 0.15) is 15.9 Å². The van der Waals surface area contributed by atoms with Crippen LogP contribution < -0.4 is 0 Å². The van der Waals surface area contributed by atoms with Gasteiger partial charge >= 0.3 is 5.97 Å². The van der Waals surface area contributed by atoms with Crippen LogP contribution in [-0.4, -0.2) is 13.1 Å². The molecule has 0 amide bonds. The Morgan fingerprint density at radius 2 is 2.33 bits per heavy atom. The summed E-state index contributed by atoms with van der Waals surface area (Å²) in [6.07, 6.45) is 0. The zero-order chi connectivity index (χ0) is 8.97. The van der Waals surface area contributed by atoms with Crippen LogP contribution in [0, 0.1) is 0 Å². The number of alkyl halides is 1. The van der Waals surface area contributed by atoms with Crippen molar-refractivity contribution in [3.63, 3.8) is 0 Å². The van der Waals surface area contributed by atoms with Gasteiger partial charge in [0.25, 0.3) is 0 Å². The molecule has 0 aliphatic rings. The number of esters is 1. The fourth-order valence-corrected chi connectivity index (χ4v) is 1.37. The Morgan fingerprint density at radius 3 is 2.92 bits per heavy atom. The molecule has 0 bridgehead atoms. The number of benzene rings is 1. The van der Waals surface area contributed by atoms with Crippen molar-refractivity contribution in [1.29, 1.82) is 0 Å². The van der Waals surface area contributed by atoms with Crippen molar-refractivity contribution in [1.82, 2.24) is 0 Å². The maximum atomic E-state index is 11.1. The first-order valence-electron chi connectivity index (χ1n) is 3.51. The topological polar surface area (TPSA) is 26.3 Å². The standard InChI is InChI=1S/C9H9IO2/c1-12-9(11)8-4-2-3-7(5-8)6-10/h2-5H,6H2,1H3. The molecule has 0 saturated heterocycles. The SMILES string of the molecule is COC(=O)c1cccc(CI)c1. The van der Waals surface area contributed by atoms with Crippen molar-refractivity contribution < 1.29 is 9.53 Å². The van der Waals surface area contributed by atoms with E-state index in [1.54, 1.807) is 6.07 Å². The first kappa shape index (κ1) is 9.51. The molecule has 1 aromatic rings. The number of hydrogen-bond donors (Lipinski definition) is 0. The summed E-state index contributed by atoms with van der Waals surface area (Å²) in [4.78, 5) is 11.1. The lowest BCUT2D eigenvalue weighted by molar-refractivity contribution is 0.0600. The summed E-state index contributed by atoms with van der Waals surface area (Å²) < 4.78 is 5.50. The third-order valence-electron chi connectivity index (χ3n) is 1.50. The van der Waals surface area contributed by atoms with Gasteiger partial charge in [0.05, 0.1) is 12.7 Å². The van der Waals surface area contributed by atoms with Crippen molar-refractivity contribution in [2.75, 3.05) is 7.11 Å². The predicted molar refractivity (Wildman–Crippen MR) is 55.5 cm³/mol. The maximum absolute atomic E-state index is 11.1. The summed E-state index contributed by atoms with van der Waals surface area (Å²) in [5, 5.41) is 0. The van der Waals surface area contributed by atoms with Gasteiger partial charge in [-0.1, -0.05) is 34.7 Å². The zero-order valence-electron chi connectivity index (χ0n) is 6.71. The summed E-state index contributed by atoms with van der Waals surface area (Å²) >= 11 is 2.25. The second kappa shape index (κ2) is 4.45. The van der Waals surface area contributed by atoms with Crippen molar-refractivity contribution in [3.8, 4) is 0 Å². The minimum Gasteiger partial charge on any atom is -0.465 e. The number of carbonyl (C=O) groups excluding carboxylic acids is 1. The number of hydrogen-bond acceptors (Lipinski definition) is 2. The third kappa shape index (κ3) is 2.20. The van der Waals surface area contributed by atoms with Gasteiger partial charge in [-0.25, -0.2) is 4.79 Å². The van der Waals surface area contributed by atoms with Crippen LogP contribution in [0.15, 0.2) is 24.3 Å². The van der Waals surface area contributed by atoms with Crippen LogP contribution in [-0.2, 0) is 9.16 Å². The van der Waals surface area contributed by atoms with Crippen LogP contribution in [0.3, 0.4) is 0 Å². The largest absolute Gasteiger partial charge is 0.465 e. The Morgan fingerprint density at radius 1 is 1.58 bits per heavy atom. The van der Waals surface area contributed by atoms with E-state index in [-0.39, 0.29) is 5.97 Å². The number of ether oxygens (including phenoxy) is 1. The Kier molecular flexibility index (Phi) is 3.52. The van der Waals surface area contributed by atoms with E-state index in [0.29, 0.717) is 5.56 Å². The molecule has 1 rings (SSSR count). The monoisotopic (exact) mass is 276 g/mol. The lowest BCUT2D eigenvalue weighted by Gasteiger charge is -2.00. The molecule has 64 valence electrons. The minimum atomic E-state index is -0.276. The van der Waals surface area contributed by atoms with Crippen molar-refractivity contribution >= 4 is 28.6 Å². The highest BCUT2D eigenvalue weighted by atomic mass is 127. The quantitative estimate of drug-likeness (QED) is 0.471. The van der Waals surface area contributed by atoms with Gasteiger partial charge in [0.15, 0.2) is 0 Å². The molecule has 1 aromatic carbocycles. The van der Waals surface area contributed by atoms with Crippen LogP contribution in [0.5, 0.6) is 0 Å². The molecule has 0 fully saturated rings. The number of methoxy groups -OCH3 is 1. The average Bonchev–Trinajstić information content (AvgIpc) is 2.17. The van der Waals surface area contributed by atoms with Gasteiger partial charge in [0.1, 0.15) is 0 Å². The van der Waals surface area contributed by atoms with Crippen LogP contribution in [0.2, 0.25) is 0 Å². The normalized spacial score (nSPS) is 9.50. The fraction of sp³-hybridized carbons (Fsp3) is 0.222. The first-order chi connectivity index (χ1) is 5.77. The van der Waals surface area contributed by atoms with Crippen molar-refractivity contribution in [2.45, 2.75) is 4.43 Å². The molecule has 12 heavy (non-hydrogen) atoms. The summed E-state index contributed by atoms with van der Waals surface area (Å²) in [6, 6.07) is 7.44. The van der Waals surface area contributed by atoms with Crippen LogP contribution in [0.25, 0.3) is 0 Å². The van der Waals surface area contributed by atoms with Gasteiger partial charge in [-0.15, -0.1) is 0 Å². The van der Waals surface area contributed by atoms with Gasteiger partial charge in [0.2, 0.25) is 0 Å². The lowest BCUT2D eigenvalue weighted by Crippen LogP contribution is -2.00. The van der Waals surface area contributed by atoms with Crippen LogP contribution in [0.4, 0.5) is 0 Å². The second-order valence-electron chi connectivity index (χ2n) is 2.33. The summed E-state index contributed by atoms with van der Waals surface area (Å²) in [6.45, 7) is 0. The molecule has 2 nitrogen and oxygen atoms in total. The van der Waals surface area contributed by atoms with Gasteiger partial charge in [-0.2, -0.15) is 0 Å². The Balaban J connectivity index is 2.93. The molecule has 0 saturated carbocycles. The fourth-order valence-electron chi connectivity index (χ4n) is 0.899. The molecule has 0 unspecified atom stereocenters. The zero-order valence-corrected chi connectivity index (χ0v) is 8.87. The minimum absolute atomic E-state index is 0.276. The first-order valence-corrected chi connectivity index (χ1v) is 5.03. The van der Waals surface area contributed by atoms with E-state index in [2.05, 4.69) is 27.3 Å². The van der Waals surface area contributed by atoms with E-state index in [1.807, 2.05) is 18.2 Å². The van der Waals surface area contributed by atoms with E-state index in [0.717, 1.165) is 9.99 Å². The van der Waals surface area contributed by atoms with E-state index in [9.17, 15) is 4.79 Å². The van der Waals surface area contributed by atoms with Crippen LogP contribution >= 0.6 is 22.6 Å². The second-order valence-corrected chi connectivity index (χ2v) is 3.09. The average molecular weight is 276 g/mol. The molecule has 0 aliphatic carbocycles. The maximum Gasteiger partial charge on any atom is 0.337 e. The molecule has 0 N–H and O–H groups in total. The Labute approximate surface area is 85.1 Å². The van der Waals surface area contributed by atoms with Gasteiger partial charge in [-0.05, 0) is 17.7 Å². The molecule has 0 heterocycles. The predicted octanol–water partition coefficient (Wildman–Crippen LogP) is 2.41. The molecule has 3 heteroatoms. The molecule has 0 aliphatic heterocycles. The Hall–Kier alpha value is -0.580. The van der Waals surface area contributed by atoms with Gasteiger partial charge < -0.3 is 4.74 Å². The number of carbonyl (C=O) groups is 1. The Bertz CT molecular complexity index is 284. The molecule has 0 radical (unpaired) electrons. The highest BCUT2D eigenvalue weighted by Crippen LogP contribution is 2.09. The molecular weight excluding hydrogens is 267 g/mol. The van der Waals surface area contributed by atoms with Gasteiger partial charge in [0, 0.05) is 4.43 Å².